The molecule has 0 atom stereocenters. The summed E-state index contributed by atoms with van der Waals surface area (Å²) in [6, 6.07) is 4.46. The van der Waals surface area contributed by atoms with Gasteiger partial charge in [-0.3, -0.25) is 9.89 Å². The van der Waals surface area contributed by atoms with Crippen LogP contribution >= 0.6 is 0 Å². The highest BCUT2D eigenvalue weighted by Gasteiger charge is 2.18. The topological polar surface area (TPSA) is 102 Å². The number of nitrogens with two attached hydrogens (primary N) is 1. The van der Waals surface area contributed by atoms with Crippen LogP contribution in [-0.4, -0.2) is 25.7 Å². The Hall–Kier alpha value is -2.90. The van der Waals surface area contributed by atoms with Crippen molar-refractivity contribution in [2.24, 2.45) is 7.05 Å². The Morgan fingerprint density at radius 2 is 2.27 bits per heavy atom. The highest BCUT2D eigenvalue weighted by molar-refractivity contribution is 6.01. The number of aryl methyl sites for hydroxylation is 2. The standard InChI is InChI=1S/C14H15FN6O/c1-7-9-5-8(15)3-4-10(9)21(2)12(7)13(22)17-6-11-18-14(16)20-19-11/h3-5H,6H2,1-2H3,(H,17,22)(H3,16,18,19,20). The smallest absolute Gasteiger partial charge is 0.268 e. The van der Waals surface area contributed by atoms with Crippen LogP contribution < -0.4 is 11.1 Å². The molecule has 0 spiro atoms. The maximum Gasteiger partial charge on any atom is 0.268 e. The number of rotatable bonds is 3. The average Bonchev–Trinajstić information content (AvgIpc) is 2.99. The SMILES string of the molecule is Cc1c(C(=O)NCc2nc(N)n[nH]2)n(C)c2ccc(F)cc12. The molecule has 114 valence electrons. The first-order chi connectivity index (χ1) is 10.5. The minimum absolute atomic E-state index is 0.125. The molecule has 0 saturated heterocycles. The second-order valence-electron chi connectivity index (χ2n) is 5.02. The second kappa shape index (κ2) is 5.14. The monoisotopic (exact) mass is 302 g/mol. The summed E-state index contributed by atoms with van der Waals surface area (Å²) in [5, 5.41) is 9.77. The van der Waals surface area contributed by atoms with E-state index in [1.54, 1.807) is 24.6 Å². The van der Waals surface area contributed by atoms with Gasteiger partial charge in [0.2, 0.25) is 5.95 Å². The lowest BCUT2D eigenvalue weighted by Crippen LogP contribution is -2.26. The average molecular weight is 302 g/mol. The van der Waals surface area contributed by atoms with Gasteiger partial charge in [0.15, 0.2) is 0 Å². The summed E-state index contributed by atoms with van der Waals surface area (Å²) in [5.41, 5.74) is 7.41. The molecule has 0 unspecified atom stereocenters. The van der Waals surface area contributed by atoms with Gasteiger partial charge in [-0.15, -0.1) is 5.10 Å². The van der Waals surface area contributed by atoms with E-state index in [2.05, 4.69) is 20.5 Å². The van der Waals surface area contributed by atoms with Crippen LogP contribution in [0.3, 0.4) is 0 Å². The van der Waals surface area contributed by atoms with E-state index in [9.17, 15) is 9.18 Å². The van der Waals surface area contributed by atoms with Gasteiger partial charge in [-0.1, -0.05) is 0 Å². The summed E-state index contributed by atoms with van der Waals surface area (Å²) in [7, 11) is 1.77. The maximum atomic E-state index is 13.4. The lowest BCUT2D eigenvalue weighted by Gasteiger charge is -2.06. The number of nitrogens with one attached hydrogen (secondary N) is 2. The number of anilines is 1. The van der Waals surface area contributed by atoms with Gasteiger partial charge in [0.25, 0.3) is 5.91 Å². The van der Waals surface area contributed by atoms with Crippen molar-refractivity contribution in [3.8, 4) is 0 Å². The normalized spacial score (nSPS) is 11.0. The summed E-state index contributed by atoms with van der Waals surface area (Å²) < 4.78 is 15.1. The predicted octanol–water partition coefficient (Wildman–Crippen LogP) is 1.26. The van der Waals surface area contributed by atoms with Gasteiger partial charge < -0.3 is 15.6 Å². The number of benzene rings is 1. The van der Waals surface area contributed by atoms with Crippen molar-refractivity contribution < 1.29 is 9.18 Å². The van der Waals surface area contributed by atoms with Crippen LogP contribution in [0.15, 0.2) is 18.2 Å². The molecule has 3 rings (SSSR count). The zero-order valence-electron chi connectivity index (χ0n) is 12.1. The Balaban J connectivity index is 1.90. The lowest BCUT2D eigenvalue weighted by molar-refractivity contribution is 0.0941. The Morgan fingerprint density at radius 1 is 1.50 bits per heavy atom. The molecule has 1 aromatic carbocycles. The fraction of sp³-hybridized carbons (Fsp3) is 0.214. The molecule has 0 aliphatic carbocycles. The number of aromatic amines is 1. The molecule has 2 heterocycles. The van der Waals surface area contributed by atoms with Crippen molar-refractivity contribution in [2.75, 3.05) is 5.73 Å². The van der Waals surface area contributed by atoms with Crippen molar-refractivity contribution in [2.45, 2.75) is 13.5 Å². The Morgan fingerprint density at radius 3 is 2.95 bits per heavy atom. The van der Waals surface area contributed by atoms with Gasteiger partial charge in [0, 0.05) is 18.0 Å². The first-order valence-electron chi connectivity index (χ1n) is 6.67. The van der Waals surface area contributed by atoms with E-state index >= 15 is 0 Å². The van der Waals surface area contributed by atoms with E-state index in [4.69, 9.17) is 5.73 Å². The number of nitrogen functional groups attached to an aromatic ring is 1. The van der Waals surface area contributed by atoms with Crippen molar-refractivity contribution in [1.82, 2.24) is 25.1 Å². The van der Waals surface area contributed by atoms with E-state index < -0.39 is 0 Å². The largest absolute Gasteiger partial charge is 0.367 e. The van der Waals surface area contributed by atoms with Crippen LogP contribution in [0, 0.1) is 12.7 Å². The molecule has 3 aromatic rings. The van der Waals surface area contributed by atoms with E-state index in [0.29, 0.717) is 11.5 Å². The van der Waals surface area contributed by atoms with Crippen LogP contribution in [0.4, 0.5) is 10.3 Å². The maximum absolute atomic E-state index is 13.4. The third-order valence-corrected chi connectivity index (χ3v) is 3.60. The van der Waals surface area contributed by atoms with Crippen LogP contribution in [0.25, 0.3) is 10.9 Å². The molecule has 0 aliphatic rings. The van der Waals surface area contributed by atoms with Crippen LogP contribution in [0.2, 0.25) is 0 Å². The van der Waals surface area contributed by atoms with Gasteiger partial charge >= 0.3 is 0 Å². The number of halogens is 1. The summed E-state index contributed by atoms with van der Waals surface area (Å²) in [4.78, 5) is 16.3. The zero-order chi connectivity index (χ0) is 15.9. The highest BCUT2D eigenvalue weighted by Crippen LogP contribution is 2.25. The zero-order valence-corrected chi connectivity index (χ0v) is 12.1. The summed E-state index contributed by atoms with van der Waals surface area (Å²) >= 11 is 0. The molecule has 0 aliphatic heterocycles. The number of nitrogens with zero attached hydrogens (tertiary/aromatic N) is 3. The van der Waals surface area contributed by atoms with Crippen molar-refractivity contribution in [3.63, 3.8) is 0 Å². The van der Waals surface area contributed by atoms with Crippen molar-refractivity contribution >= 4 is 22.8 Å². The first-order valence-corrected chi connectivity index (χ1v) is 6.67. The van der Waals surface area contributed by atoms with Gasteiger partial charge in [-0.2, -0.15) is 4.98 Å². The molecule has 0 saturated carbocycles. The number of hydrogen-bond acceptors (Lipinski definition) is 4. The molecule has 4 N–H and O–H groups in total. The van der Waals surface area contributed by atoms with E-state index in [-0.39, 0.29) is 24.2 Å². The van der Waals surface area contributed by atoms with Gasteiger partial charge in [0.05, 0.1) is 6.54 Å². The highest BCUT2D eigenvalue weighted by atomic mass is 19.1. The van der Waals surface area contributed by atoms with Crippen molar-refractivity contribution in [1.29, 1.82) is 0 Å². The van der Waals surface area contributed by atoms with Gasteiger partial charge in [-0.25, -0.2) is 4.39 Å². The molecule has 0 bridgehead atoms. The molecule has 8 heteroatoms. The molecule has 2 aromatic heterocycles. The van der Waals surface area contributed by atoms with E-state index in [0.717, 1.165) is 16.5 Å². The number of amides is 1. The molecule has 7 nitrogen and oxygen atoms in total. The third kappa shape index (κ3) is 2.28. The summed E-state index contributed by atoms with van der Waals surface area (Å²) in [5.74, 6) is -0.00862. The lowest BCUT2D eigenvalue weighted by atomic mass is 10.1. The third-order valence-electron chi connectivity index (χ3n) is 3.60. The van der Waals surface area contributed by atoms with Crippen LogP contribution in [0.1, 0.15) is 21.9 Å². The second-order valence-corrected chi connectivity index (χ2v) is 5.02. The van der Waals surface area contributed by atoms with E-state index in [1.807, 2.05) is 0 Å². The van der Waals surface area contributed by atoms with E-state index in [1.165, 1.54) is 12.1 Å². The molecule has 0 radical (unpaired) electrons. The molecule has 22 heavy (non-hydrogen) atoms. The number of carbonyl (C=O) groups excluding carboxylic acids is 1. The van der Waals surface area contributed by atoms with Crippen molar-refractivity contribution in [3.05, 3.63) is 41.1 Å². The number of hydrogen-bond donors (Lipinski definition) is 3. The molecular weight excluding hydrogens is 287 g/mol. The number of H-pyrrole nitrogens is 1. The number of aromatic nitrogens is 4. The predicted molar refractivity (Wildman–Crippen MR) is 79.6 cm³/mol. The summed E-state index contributed by atoms with van der Waals surface area (Å²) in [6.07, 6.45) is 0. The van der Waals surface area contributed by atoms with Gasteiger partial charge in [-0.05, 0) is 30.7 Å². The Labute approximate surface area is 125 Å². The minimum Gasteiger partial charge on any atom is -0.367 e. The minimum atomic E-state index is -0.328. The fourth-order valence-electron chi connectivity index (χ4n) is 2.56. The summed E-state index contributed by atoms with van der Waals surface area (Å²) in [6.45, 7) is 1.97. The van der Waals surface area contributed by atoms with Crippen LogP contribution in [0.5, 0.6) is 0 Å². The Kier molecular flexibility index (Phi) is 3.28. The first kappa shape index (κ1) is 14.1. The fourth-order valence-corrected chi connectivity index (χ4v) is 2.56. The molecule has 1 amide bonds. The number of carbonyl (C=O) groups is 1. The Bertz CT molecular complexity index is 866. The molecular formula is C14H15FN6O. The number of fused-ring (bicyclic) bond motifs is 1. The quantitative estimate of drug-likeness (QED) is 0.677. The van der Waals surface area contributed by atoms with Gasteiger partial charge in [0.1, 0.15) is 17.3 Å². The van der Waals surface area contributed by atoms with Crippen LogP contribution in [-0.2, 0) is 13.6 Å². The molecule has 0 fully saturated rings.